The summed E-state index contributed by atoms with van der Waals surface area (Å²) in [6, 6.07) is 12.3. The maximum absolute atomic E-state index is 15.1. The molecular formula is C29H33FN2O5S. The van der Waals surface area contributed by atoms with Gasteiger partial charge in [-0.3, -0.25) is 9.69 Å². The monoisotopic (exact) mass is 540 g/mol. The number of nitrogens with zero attached hydrogens (tertiary/aromatic N) is 2. The molecule has 1 saturated heterocycles. The van der Waals surface area contributed by atoms with Crippen LogP contribution < -0.4 is 0 Å². The number of Topliss-reactive ketones (excluding diaryl/α,β-unsaturated/α-hetero) is 1. The second-order valence-electron chi connectivity index (χ2n) is 11.4. The smallest absolute Gasteiger partial charge is 0.411 e. The van der Waals surface area contributed by atoms with Crippen LogP contribution in [0, 0.1) is 29.0 Å². The van der Waals surface area contributed by atoms with Crippen molar-refractivity contribution in [2.24, 2.45) is 11.8 Å². The van der Waals surface area contributed by atoms with Crippen LogP contribution in [0.4, 0.5) is 9.18 Å². The van der Waals surface area contributed by atoms with Crippen molar-refractivity contribution in [2.45, 2.75) is 75.5 Å². The van der Waals surface area contributed by atoms with Crippen LogP contribution >= 0.6 is 0 Å². The molecule has 1 heterocycles. The van der Waals surface area contributed by atoms with Gasteiger partial charge in [0.2, 0.25) is 0 Å². The number of amides is 1. The first-order chi connectivity index (χ1) is 17.8. The average molecular weight is 541 g/mol. The van der Waals surface area contributed by atoms with Crippen molar-refractivity contribution in [3.63, 3.8) is 0 Å². The Morgan fingerprint density at radius 1 is 1.16 bits per heavy atom. The summed E-state index contributed by atoms with van der Waals surface area (Å²) in [4.78, 5) is 28.0. The van der Waals surface area contributed by atoms with Gasteiger partial charge in [-0.2, -0.15) is 5.26 Å². The number of carbonyl (C=O) groups excluding carboxylic acids is 2. The molecule has 2 bridgehead atoms. The van der Waals surface area contributed by atoms with E-state index in [0.717, 1.165) is 25.5 Å². The molecule has 1 amide bonds. The van der Waals surface area contributed by atoms with E-state index in [1.54, 1.807) is 49.9 Å². The van der Waals surface area contributed by atoms with Crippen LogP contribution in [0.3, 0.4) is 0 Å². The average Bonchev–Trinajstić information content (AvgIpc) is 3.45. The van der Waals surface area contributed by atoms with E-state index in [1.165, 1.54) is 18.2 Å². The molecule has 202 valence electrons. The number of halogens is 1. The van der Waals surface area contributed by atoms with Crippen LogP contribution in [-0.4, -0.2) is 49.1 Å². The zero-order chi connectivity index (χ0) is 27.8. The molecule has 38 heavy (non-hydrogen) atoms. The first-order valence-corrected chi connectivity index (χ1v) is 14.7. The minimum absolute atomic E-state index is 0.0319. The molecule has 4 atom stereocenters. The van der Waals surface area contributed by atoms with E-state index in [1.807, 2.05) is 0 Å². The molecule has 2 aromatic carbocycles. The van der Waals surface area contributed by atoms with Crippen LogP contribution in [0.1, 0.15) is 52.0 Å². The number of sulfone groups is 1. The van der Waals surface area contributed by atoms with Crippen LogP contribution in [0.2, 0.25) is 0 Å². The highest BCUT2D eigenvalue weighted by molar-refractivity contribution is 7.90. The number of nitriles is 1. The number of likely N-dealkylation sites (tertiary alicyclic amines) is 1. The summed E-state index contributed by atoms with van der Waals surface area (Å²) in [6.45, 7) is 5.35. The molecule has 0 aromatic heterocycles. The molecule has 1 aliphatic heterocycles. The highest BCUT2D eigenvalue weighted by Gasteiger charge is 2.52. The van der Waals surface area contributed by atoms with Crippen molar-refractivity contribution >= 4 is 21.7 Å². The van der Waals surface area contributed by atoms with Crippen LogP contribution in [0.25, 0.3) is 11.1 Å². The van der Waals surface area contributed by atoms with Gasteiger partial charge in [0.25, 0.3) is 0 Å². The van der Waals surface area contributed by atoms with Gasteiger partial charge >= 0.3 is 6.09 Å². The number of hydrogen-bond acceptors (Lipinski definition) is 6. The predicted molar refractivity (Wildman–Crippen MR) is 140 cm³/mol. The molecule has 4 rings (SSSR count). The van der Waals surface area contributed by atoms with Crippen LogP contribution in [-0.2, 0) is 25.8 Å². The van der Waals surface area contributed by atoms with Crippen molar-refractivity contribution in [3.05, 3.63) is 53.8 Å². The maximum Gasteiger partial charge on any atom is 0.411 e. The molecule has 2 aliphatic rings. The lowest BCUT2D eigenvalue weighted by molar-refractivity contribution is -0.126. The Hall–Kier alpha value is -3.25. The van der Waals surface area contributed by atoms with Crippen LogP contribution in [0.5, 0.6) is 0 Å². The minimum atomic E-state index is -3.41. The maximum atomic E-state index is 15.1. The third-order valence-corrected chi connectivity index (χ3v) is 8.37. The summed E-state index contributed by atoms with van der Waals surface area (Å²) in [5, 5.41) is 9.78. The Balaban J connectivity index is 1.47. The topological polar surface area (TPSA) is 105 Å². The fourth-order valence-electron chi connectivity index (χ4n) is 5.57. The number of rotatable bonds is 7. The van der Waals surface area contributed by atoms with Gasteiger partial charge in [-0.15, -0.1) is 0 Å². The lowest BCUT2D eigenvalue weighted by Gasteiger charge is -2.35. The molecule has 0 spiro atoms. The van der Waals surface area contributed by atoms with E-state index in [0.29, 0.717) is 16.7 Å². The Bertz CT molecular complexity index is 1390. The van der Waals surface area contributed by atoms with Gasteiger partial charge in [-0.05, 0) is 87.3 Å². The highest BCUT2D eigenvalue weighted by atomic mass is 32.2. The zero-order valence-electron chi connectivity index (χ0n) is 22.1. The van der Waals surface area contributed by atoms with Crippen LogP contribution in [0.15, 0.2) is 47.4 Å². The molecular weight excluding hydrogens is 507 g/mol. The van der Waals surface area contributed by atoms with E-state index >= 15 is 4.39 Å². The third kappa shape index (κ3) is 6.07. The van der Waals surface area contributed by atoms with E-state index in [2.05, 4.69) is 6.07 Å². The molecule has 1 unspecified atom stereocenters. The van der Waals surface area contributed by atoms with E-state index < -0.39 is 39.3 Å². The van der Waals surface area contributed by atoms with Gasteiger partial charge in [0, 0.05) is 18.7 Å². The van der Waals surface area contributed by atoms with Gasteiger partial charge in [0.05, 0.1) is 22.9 Å². The van der Waals surface area contributed by atoms with Gasteiger partial charge < -0.3 is 4.74 Å². The summed E-state index contributed by atoms with van der Waals surface area (Å²) in [5.41, 5.74) is 0.682. The molecule has 7 nitrogen and oxygen atoms in total. The number of hydrogen-bond donors (Lipinski definition) is 0. The molecule has 0 radical (unpaired) electrons. The summed E-state index contributed by atoms with van der Waals surface area (Å²) in [5.74, 6) is -1.42. The molecule has 9 heteroatoms. The van der Waals surface area contributed by atoms with Crippen molar-refractivity contribution < 1.29 is 27.1 Å². The summed E-state index contributed by atoms with van der Waals surface area (Å²) in [6.07, 6.45) is 3.02. The standard InChI is InChI=1S/C29H33FN2O5S/c1-29(2,3)37-28(34)32-23-11-10-22(14-23)27(32)26(33)13-18(17-31)12-21-9-8-20(16-25(21)30)19-6-5-7-24(15-19)38(4,35)36/h5-9,15-16,18,22-23,27H,10-14H2,1-4H3/t18?,22-,23+,27-/m0/s1. The SMILES string of the molecule is CC(C)(C)OC(=O)N1[C@@H]2CC[C@@H](C2)[C@H]1C(=O)CC(C#N)Cc1ccc(-c2cccc(S(C)(=O)=O)c2)cc1F. The summed E-state index contributed by atoms with van der Waals surface area (Å²) in [7, 11) is -3.41. The Labute approximate surface area is 223 Å². The van der Waals surface area contributed by atoms with Gasteiger partial charge in [-0.25, -0.2) is 17.6 Å². The third-order valence-electron chi connectivity index (χ3n) is 7.26. The van der Waals surface area contributed by atoms with Gasteiger partial charge in [0.1, 0.15) is 11.4 Å². The normalized spacial score (nSPS) is 21.7. The molecule has 0 N–H and O–H groups in total. The van der Waals surface area contributed by atoms with E-state index in [9.17, 15) is 23.3 Å². The molecule has 2 fully saturated rings. The van der Waals surface area contributed by atoms with Crippen molar-refractivity contribution in [1.29, 1.82) is 5.26 Å². The predicted octanol–water partition coefficient (Wildman–Crippen LogP) is 5.33. The zero-order valence-corrected chi connectivity index (χ0v) is 22.9. The largest absolute Gasteiger partial charge is 0.444 e. The number of benzene rings is 2. The molecule has 1 saturated carbocycles. The Morgan fingerprint density at radius 2 is 1.87 bits per heavy atom. The lowest BCUT2D eigenvalue weighted by atomic mass is 9.87. The Kier molecular flexibility index (Phi) is 7.67. The van der Waals surface area contributed by atoms with E-state index in [4.69, 9.17) is 4.74 Å². The van der Waals surface area contributed by atoms with Gasteiger partial charge in [-0.1, -0.05) is 24.3 Å². The van der Waals surface area contributed by atoms with Crippen molar-refractivity contribution in [1.82, 2.24) is 4.90 Å². The van der Waals surface area contributed by atoms with Crippen molar-refractivity contribution in [3.8, 4) is 17.2 Å². The first-order valence-electron chi connectivity index (χ1n) is 12.8. The number of carbonyl (C=O) groups is 2. The second-order valence-corrected chi connectivity index (χ2v) is 13.4. The fourth-order valence-corrected chi connectivity index (χ4v) is 6.24. The molecule has 1 aliphatic carbocycles. The lowest BCUT2D eigenvalue weighted by Crippen LogP contribution is -2.51. The second kappa shape index (κ2) is 10.5. The van der Waals surface area contributed by atoms with Gasteiger partial charge in [0.15, 0.2) is 15.6 Å². The summed E-state index contributed by atoms with van der Waals surface area (Å²) < 4.78 is 44.4. The van der Waals surface area contributed by atoms with Crippen molar-refractivity contribution in [2.75, 3.05) is 6.26 Å². The summed E-state index contributed by atoms with van der Waals surface area (Å²) >= 11 is 0. The fraction of sp³-hybridized carbons (Fsp3) is 0.483. The molecule has 2 aromatic rings. The minimum Gasteiger partial charge on any atom is -0.444 e. The quantitative estimate of drug-likeness (QED) is 0.470. The number of piperidine rings is 1. The number of fused-ring (bicyclic) bond motifs is 2. The number of ether oxygens (including phenoxy) is 1. The Morgan fingerprint density at radius 3 is 2.50 bits per heavy atom. The first kappa shape index (κ1) is 27.8. The number of ketones is 1. The van der Waals surface area contributed by atoms with E-state index in [-0.39, 0.29) is 35.5 Å². The highest BCUT2D eigenvalue weighted by Crippen LogP contribution is 2.44.